The van der Waals surface area contributed by atoms with Crippen LogP contribution >= 0.6 is 11.6 Å². The van der Waals surface area contributed by atoms with E-state index in [9.17, 15) is 9.59 Å². The molecule has 0 unspecified atom stereocenters. The van der Waals surface area contributed by atoms with Gasteiger partial charge in [0.05, 0.1) is 10.7 Å². The molecule has 1 N–H and O–H groups in total. The number of halogens is 1. The maximum Gasteiger partial charge on any atom is 0.249 e. The van der Waals surface area contributed by atoms with Crippen molar-refractivity contribution < 1.29 is 9.59 Å². The van der Waals surface area contributed by atoms with Crippen molar-refractivity contribution in [3.63, 3.8) is 0 Å². The van der Waals surface area contributed by atoms with Gasteiger partial charge in [-0.15, -0.1) is 0 Å². The Morgan fingerprint density at radius 1 is 1.45 bits per heavy atom. The number of nitrogens with one attached hydrogen (secondary N) is 1. The van der Waals surface area contributed by atoms with E-state index in [1.807, 2.05) is 25.1 Å². The van der Waals surface area contributed by atoms with Crippen LogP contribution in [-0.2, 0) is 9.59 Å². The lowest BCUT2D eigenvalue weighted by Gasteiger charge is -2.18. The Labute approximate surface area is 124 Å². The SMILES string of the molecule is CCCCC(=O)N[C@H]1CCN(c2ccccc2Cl)C1=O. The molecule has 2 rings (SSSR count). The van der Waals surface area contributed by atoms with Crippen molar-refractivity contribution >= 4 is 29.1 Å². The third-order valence-electron chi connectivity index (χ3n) is 3.44. The van der Waals surface area contributed by atoms with E-state index in [0.717, 1.165) is 12.8 Å². The molecule has 1 aliphatic rings. The van der Waals surface area contributed by atoms with Gasteiger partial charge in [-0.3, -0.25) is 9.59 Å². The molecule has 0 aliphatic carbocycles. The fourth-order valence-electron chi connectivity index (χ4n) is 2.33. The highest BCUT2D eigenvalue weighted by Gasteiger charge is 2.34. The summed E-state index contributed by atoms with van der Waals surface area (Å²) in [4.78, 5) is 25.7. The van der Waals surface area contributed by atoms with Crippen LogP contribution in [0.3, 0.4) is 0 Å². The summed E-state index contributed by atoms with van der Waals surface area (Å²) in [7, 11) is 0. The molecule has 0 radical (unpaired) electrons. The maximum atomic E-state index is 12.3. The lowest BCUT2D eigenvalue weighted by atomic mass is 10.2. The van der Waals surface area contributed by atoms with Gasteiger partial charge in [0.15, 0.2) is 0 Å². The first-order valence-corrected chi connectivity index (χ1v) is 7.36. The van der Waals surface area contributed by atoms with Crippen molar-refractivity contribution in [2.24, 2.45) is 0 Å². The molecule has 1 aliphatic heterocycles. The van der Waals surface area contributed by atoms with Gasteiger partial charge in [-0.25, -0.2) is 0 Å². The van der Waals surface area contributed by atoms with Crippen LogP contribution < -0.4 is 10.2 Å². The van der Waals surface area contributed by atoms with Gasteiger partial charge in [-0.05, 0) is 25.0 Å². The van der Waals surface area contributed by atoms with Crippen LogP contribution in [0, 0.1) is 0 Å². The van der Waals surface area contributed by atoms with Crippen molar-refractivity contribution in [1.82, 2.24) is 5.32 Å². The second kappa shape index (κ2) is 6.75. The summed E-state index contributed by atoms with van der Waals surface area (Å²) in [5.74, 6) is -0.130. The highest BCUT2D eigenvalue weighted by atomic mass is 35.5. The molecule has 4 nitrogen and oxygen atoms in total. The van der Waals surface area contributed by atoms with E-state index in [4.69, 9.17) is 11.6 Å². The minimum atomic E-state index is -0.421. The van der Waals surface area contributed by atoms with Crippen LogP contribution in [0.4, 0.5) is 5.69 Å². The van der Waals surface area contributed by atoms with E-state index in [0.29, 0.717) is 30.1 Å². The molecule has 1 saturated heterocycles. The molecule has 1 atom stereocenters. The zero-order valence-electron chi connectivity index (χ0n) is 11.6. The Bertz CT molecular complexity index is 504. The smallest absolute Gasteiger partial charge is 0.249 e. The molecule has 1 aromatic rings. The largest absolute Gasteiger partial charge is 0.344 e. The molecule has 0 aromatic heterocycles. The normalized spacial score (nSPS) is 18.4. The highest BCUT2D eigenvalue weighted by Crippen LogP contribution is 2.28. The predicted molar refractivity (Wildman–Crippen MR) is 79.9 cm³/mol. The Kier molecular flexibility index (Phi) is 5.01. The Morgan fingerprint density at radius 3 is 2.90 bits per heavy atom. The standard InChI is InChI=1S/C15H19ClN2O2/c1-2-3-8-14(19)17-12-9-10-18(15(12)20)13-7-5-4-6-11(13)16/h4-7,12H,2-3,8-10H2,1H3,(H,17,19)/t12-/m0/s1. The van der Waals surface area contributed by atoms with Crippen molar-refractivity contribution in [2.75, 3.05) is 11.4 Å². The summed E-state index contributed by atoms with van der Waals surface area (Å²) in [6.45, 7) is 2.62. The molecular formula is C15H19ClN2O2. The number of amides is 2. The first kappa shape index (κ1) is 14.9. The summed E-state index contributed by atoms with van der Waals surface area (Å²) < 4.78 is 0. The molecule has 2 amide bonds. The van der Waals surface area contributed by atoms with Gasteiger partial charge < -0.3 is 10.2 Å². The van der Waals surface area contributed by atoms with E-state index in [1.165, 1.54) is 0 Å². The topological polar surface area (TPSA) is 49.4 Å². The quantitative estimate of drug-likeness (QED) is 0.908. The first-order valence-electron chi connectivity index (χ1n) is 6.98. The van der Waals surface area contributed by atoms with Crippen LogP contribution in [-0.4, -0.2) is 24.4 Å². The van der Waals surface area contributed by atoms with Crippen LogP contribution in [0.25, 0.3) is 0 Å². The maximum absolute atomic E-state index is 12.3. The molecule has 20 heavy (non-hydrogen) atoms. The molecule has 1 aromatic carbocycles. The fraction of sp³-hybridized carbons (Fsp3) is 0.467. The highest BCUT2D eigenvalue weighted by molar-refractivity contribution is 6.34. The number of unbranched alkanes of at least 4 members (excludes halogenated alkanes) is 1. The predicted octanol–water partition coefficient (Wildman–Crippen LogP) is 2.75. The van der Waals surface area contributed by atoms with Crippen molar-refractivity contribution in [2.45, 2.75) is 38.6 Å². The van der Waals surface area contributed by atoms with Gasteiger partial charge in [0, 0.05) is 13.0 Å². The van der Waals surface area contributed by atoms with Crippen molar-refractivity contribution in [1.29, 1.82) is 0 Å². The average Bonchev–Trinajstić information content (AvgIpc) is 2.79. The summed E-state index contributed by atoms with van der Waals surface area (Å²) in [6.07, 6.45) is 2.92. The Balaban J connectivity index is 1.99. The molecule has 108 valence electrons. The summed E-state index contributed by atoms with van der Waals surface area (Å²) >= 11 is 6.11. The minimum absolute atomic E-state index is 0.0498. The van der Waals surface area contributed by atoms with E-state index < -0.39 is 6.04 Å². The number of benzene rings is 1. The number of carbonyl (C=O) groups is 2. The van der Waals surface area contributed by atoms with Gasteiger partial charge in [-0.1, -0.05) is 37.1 Å². The molecule has 0 bridgehead atoms. The molecule has 0 spiro atoms. The second-order valence-corrected chi connectivity index (χ2v) is 5.36. The summed E-state index contributed by atoms with van der Waals surface area (Å²) in [6, 6.07) is 6.84. The number of carbonyl (C=O) groups excluding carboxylic acids is 2. The number of anilines is 1. The first-order chi connectivity index (χ1) is 9.63. The Morgan fingerprint density at radius 2 is 2.20 bits per heavy atom. The number of para-hydroxylation sites is 1. The van der Waals surface area contributed by atoms with Crippen LogP contribution in [0.2, 0.25) is 5.02 Å². The average molecular weight is 295 g/mol. The number of hydrogen-bond donors (Lipinski definition) is 1. The molecule has 0 saturated carbocycles. The Hall–Kier alpha value is -1.55. The van der Waals surface area contributed by atoms with Gasteiger partial charge in [-0.2, -0.15) is 0 Å². The second-order valence-electron chi connectivity index (χ2n) is 4.95. The van der Waals surface area contributed by atoms with Crippen LogP contribution in [0.1, 0.15) is 32.6 Å². The van der Waals surface area contributed by atoms with E-state index in [-0.39, 0.29) is 11.8 Å². The van der Waals surface area contributed by atoms with Gasteiger partial charge >= 0.3 is 0 Å². The van der Waals surface area contributed by atoms with Crippen molar-refractivity contribution in [3.8, 4) is 0 Å². The number of nitrogens with zero attached hydrogens (tertiary/aromatic N) is 1. The molecule has 5 heteroatoms. The molecule has 1 fully saturated rings. The summed E-state index contributed by atoms with van der Waals surface area (Å²) in [5.41, 5.74) is 0.712. The monoisotopic (exact) mass is 294 g/mol. The molecular weight excluding hydrogens is 276 g/mol. The zero-order valence-corrected chi connectivity index (χ0v) is 12.3. The third kappa shape index (κ3) is 3.31. The minimum Gasteiger partial charge on any atom is -0.344 e. The third-order valence-corrected chi connectivity index (χ3v) is 3.76. The van der Waals surface area contributed by atoms with Gasteiger partial charge in [0.1, 0.15) is 6.04 Å². The zero-order chi connectivity index (χ0) is 14.5. The van der Waals surface area contributed by atoms with Gasteiger partial charge in [0.25, 0.3) is 0 Å². The fourth-order valence-corrected chi connectivity index (χ4v) is 2.57. The lowest BCUT2D eigenvalue weighted by molar-refractivity contribution is -0.126. The number of rotatable bonds is 5. The van der Waals surface area contributed by atoms with E-state index in [2.05, 4.69) is 5.32 Å². The lowest BCUT2D eigenvalue weighted by Crippen LogP contribution is -2.41. The van der Waals surface area contributed by atoms with Crippen LogP contribution in [0.15, 0.2) is 24.3 Å². The van der Waals surface area contributed by atoms with Crippen LogP contribution in [0.5, 0.6) is 0 Å². The van der Waals surface area contributed by atoms with Crippen molar-refractivity contribution in [3.05, 3.63) is 29.3 Å². The van der Waals surface area contributed by atoms with Gasteiger partial charge in [0.2, 0.25) is 11.8 Å². The van der Waals surface area contributed by atoms with E-state index >= 15 is 0 Å². The van der Waals surface area contributed by atoms with E-state index in [1.54, 1.807) is 11.0 Å². The number of hydrogen-bond acceptors (Lipinski definition) is 2. The summed E-state index contributed by atoms with van der Waals surface area (Å²) in [5, 5.41) is 3.36. The molecule has 1 heterocycles.